The van der Waals surface area contributed by atoms with Crippen LogP contribution in [0.15, 0.2) is 0 Å². The minimum absolute atomic E-state index is 0.0231. The molecule has 0 aliphatic rings. The molecule has 0 saturated heterocycles. The predicted molar refractivity (Wildman–Crippen MR) is 48.8 cm³/mol. The quantitative estimate of drug-likeness (QED) is 0.600. The molecule has 0 fully saturated rings. The lowest BCUT2D eigenvalue weighted by atomic mass is 10.1. The minimum Gasteiger partial charge on any atom is -0.465 e. The molecule has 0 aliphatic heterocycles. The molecule has 3 heteroatoms. The SMILES string of the molecule is CSC(C)(C)CC(C)OC=O. The van der Waals surface area contributed by atoms with Crippen molar-refractivity contribution in [2.24, 2.45) is 0 Å². The van der Waals surface area contributed by atoms with Crippen LogP contribution in [0.4, 0.5) is 0 Å². The Balaban J connectivity index is 3.72. The van der Waals surface area contributed by atoms with E-state index in [0.717, 1.165) is 6.42 Å². The number of hydrogen-bond donors (Lipinski definition) is 0. The second-order valence-electron chi connectivity index (χ2n) is 3.21. The van der Waals surface area contributed by atoms with Crippen LogP contribution in [0.25, 0.3) is 0 Å². The summed E-state index contributed by atoms with van der Waals surface area (Å²) >= 11 is 1.79. The van der Waals surface area contributed by atoms with Gasteiger partial charge in [-0.1, -0.05) is 13.8 Å². The molecule has 0 heterocycles. The highest BCUT2D eigenvalue weighted by Crippen LogP contribution is 2.27. The van der Waals surface area contributed by atoms with Crippen LogP contribution in [0.5, 0.6) is 0 Å². The van der Waals surface area contributed by atoms with Crippen LogP contribution in [0.3, 0.4) is 0 Å². The topological polar surface area (TPSA) is 26.3 Å². The molecule has 0 spiro atoms. The molecule has 1 atom stereocenters. The Bertz CT molecular complexity index is 123. The molecule has 0 aliphatic carbocycles. The van der Waals surface area contributed by atoms with Gasteiger partial charge in [0, 0.05) is 4.75 Å². The summed E-state index contributed by atoms with van der Waals surface area (Å²) in [6.07, 6.45) is 2.98. The van der Waals surface area contributed by atoms with Crippen LogP contribution >= 0.6 is 11.8 Å². The number of carbonyl (C=O) groups excluding carboxylic acids is 1. The summed E-state index contributed by atoms with van der Waals surface area (Å²) < 4.78 is 4.98. The van der Waals surface area contributed by atoms with Crippen LogP contribution in [-0.4, -0.2) is 23.6 Å². The molecule has 1 unspecified atom stereocenters. The molecule has 0 N–H and O–H groups in total. The fourth-order valence-electron chi connectivity index (χ4n) is 0.919. The van der Waals surface area contributed by atoms with Gasteiger partial charge in [-0.15, -0.1) is 0 Å². The molecule has 0 rings (SSSR count). The summed E-state index contributed by atoms with van der Waals surface area (Å²) in [5, 5.41) is 0. The first-order valence-corrected chi connectivity index (χ1v) is 4.88. The van der Waals surface area contributed by atoms with Crippen molar-refractivity contribution in [3.05, 3.63) is 0 Å². The van der Waals surface area contributed by atoms with Gasteiger partial charge in [-0.3, -0.25) is 4.79 Å². The fourth-order valence-corrected chi connectivity index (χ4v) is 1.32. The monoisotopic (exact) mass is 176 g/mol. The maximum atomic E-state index is 9.96. The Kier molecular flexibility index (Phi) is 4.57. The lowest BCUT2D eigenvalue weighted by molar-refractivity contribution is -0.133. The minimum atomic E-state index is 0.0231. The van der Waals surface area contributed by atoms with Gasteiger partial charge in [0.15, 0.2) is 0 Å². The van der Waals surface area contributed by atoms with Crippen molar-refractivity contribution in [2.45, 2.75) is 38.0 Å². The Hall–Kier alpha value is -0.180. The zero-order chi connectivity index (χ0) is 8.91. The van der Waals surface area contributed by atoms with E-state index in [1.54, 1.807) is 11.8 Å². The molecule has 0 amide bonds. The van der Waals surface area contributed by atoms with Crippen molar-refractivity contribution < 1.29 is 9.53 Å². The van der Waals surface area contributed by atoms with Gasteiger partial charge in [0.2, 0.25) is 0 Å². The van der Waals surface area contributed by atoms with Gasteiger partial charge in [0.25, 0.3) is 6.47 Å². The van der Waals surface area contributed by atoms with Gasteiger partial charge in [-0.2, -0.15) is 11.8 Å². The van der Waals surface area contributed by atoms with Crippen LogP contribution < -0.4 is 0 Å². The van der Waals surface area contributed by atoms with E-state index in [4.69, 9.17) is 4.74 Å². The summed E-state index contributed by atoms with van der Waals surface area (Å²) in [7, 11) is 0. The maximum absolute atomic E-state index is 9.96. The third-order valence-electron chi connectivity index (χ3n) is 1.62. The summed E-state index contributed by atoms with van der Waals surface area (Å²) in [6.45, 7) is 6.71. The van der Waals surface area contributed by atoms with Crippen molar-refractivity contribution in [3.8, 4) is 0 Å². The Labute approximate surface area is 72.7 Å². The van der Waals surface area contributed by atoms with Gasteiger partial charge < -0.3 is 4.74 Å². The predicted octanol–water partition coefficient (Wildman–Crippen LogP) is 2.08. The molecule has 0 aromatic heterocycles. The highest BCUT2D eigenvalue weighted by Gasteiger charge is 2.19. The molecular formula is C8H16O2S. The van der Waals surface area contributed by atoms with Crippen molar-refractivity contribution in [3.63, 3.8) is 0 Å². The molecule has 66 valence electrons. The molecule has 0 aromatic rings. The largest absolute Gasteiger partial charge is 0.465 e. The summed E-state index contributed by atoms with van der Waals surface area (Å²) in [5.41, 5.74) is 0. The van der Waals surface area contributed by atoms with Gasteiger partial charge in [0.05, 0.1) is 0 Å². The number of hydrogen-bond acceptors (Lipinski definition) is 3. The molecule has 0 saturated carbocycles. The third kappa shape index (κ3) is 5.13. The van der Waals surface area contributed by atoms with Crippen LogP contribution in [0, 0.1) is 0 Å². The van der Waals surface area contributed by atoms with Crippen molar-refractivity contribution >= 4 is 18.2 Å². The summed E-state index contributed by atoms with van der Waals surface area (Å²) in [6, 6.07) is 0. The number of carbonyl (C=O) groups is 1. The number of thioether (sulfide) groups is 1. The Morgan fingerprint density at radius 2 is 2.18 bits per heavy atom. The van der Waals surface area contributed by atoms with E-state index in [2.05, 4.69) is 20.1 Å². The van der Waals surface area contributed by atoms with Crippen molar-refractivity contribution in [2.75, 3.05) is 6.26 Å². The second kappa shape index (κ2) is 4.65. The van der Waals surface area contributed by atoms with Crippen molar-refractivity contribution in [1.29, 1.82) is 0 Å². The summed E-state index contributed by atoms with van der Waals surface area (Å²) in [4.78, 5) is 9.96. The molecule has 0 radical (unpaired) electrons. The van der Waals surface area contributed by atoms with Gasteiger partial charge in [0.1, 0.15) is 6.10 Å². The van der Waals surface area contributed by atoms with Crippen LogP contribution in [0.1, 0.15) is 27.2 Å². The van der Waals surface area contributed by atoms with E-state index in [0.29, 0.717) is 6.47 Å². The summed E-state index contributed by atoms with van der Waals surface area (Å²) in [5.74, 6) is 0. The normalized spacial score (nSPS) is 14.2. The number of rotatable bonds is 5. The lowest BCUT2D eigenvalue weighted by Crippen LogP contribution is -2.22. The van der Waals surface area contributed by atoms with E-state index >= 15 is 0 Å². The zero-order valence-electron chi connectivity index (χ0n) is 7.59. The van der Waals surface area contributed by atoms with Gasteiger partial charge in [-0.05, 0) is 19.6 Å². The fraction of sp³-hybridized carbons (Fsp3) is 0.875. The van der Waals surface area contributed by atoms with E-state index in [9.17, 15) is 4.79 Å². The Morgan fingerprint density at radius 3 is 2.55 bits per heavy atom. The second-order valence-corrected chi connectivity index (χ2v) is 4.72. The van der Waals surface area contributed by atoms with Crippen LogP contribution in [0.2, 0.25) is 0 Å². The Morgan fingerprint density at radius 1 is 1.64 bits per heavy atom. The van der Waals surface area contributed by atoms with Gasteiger partial charge >= 0.3 is 0 Å². The lowest BCUT2D eigenvalue weighted by Gasteiger charge is -2.24. The average molecular weight is 176 g/mol. The first kappa shape index (κ1) is 10.8. The van der Waals surface area contributed by atoms with E-state index < -0.39 is 0 Å². The standard InChI is InChI=1S/C8H16O2S/c1-7(10-6-9)5-8(2,3)11-4/h6-7H,5H2,1-4H3. The highest BCUT2D eigenvalue weighted by atomic mass is 32.2. The van der Waals surface area contributed by atoms with Gasteiger partial charge in [-0.25, -0.2) is 0 Å². The number of ether oxygens (including phenoxy) is 1. The first-order valence-electron chi connectivity index (χ1n) is 3.66. The molecular weight excluding hydrogens is 160 g/mol. The highest BCUT2D eigenvalue weighted by molar-refractivity contribution is 7.99. The molecule has 0 bridgehead atoms. The molecule has 0 aromatic carbocycles. The third-order valence-corrected chi connectivity index (χ3v) is 2.89. The average Bonchev–Trinajstić information content (AvgIpc) is 1.87. The van der Waals surface area contributed by atoms with E-state index in [1.165, 1.54) is 0 Å². The van der Waals surface area contributed by atoms with E-state index in [-0.39, 0.29) is 10.9 Å². The molecule has 11 heavy (non-hydrogen) atoms. The maximum Gasteiger partial charge on any atom is 0.293 e. The molecule has 2 nitrogen and oxygen atoms in total. The van der Waals surface area contributed by atoms with E-state index in [1.807, 2.05) is 6.92 Å². The van der Waals surface area contributed by atoms with Crippen LogP contribution in [-0.2, 0) is 9.53 Å². The first-order chi connectivity index (χ1) is 5.02. The van der Waals surface area contributed by atoms with Crippen molar-refractivity contribution in [1.82, 2.24) is 0 Å². The zero-order valence-corrected chi connectivity index (χ0v) is 8.40. The smallest absolute Gasteiger partial charge is 0.293 e.